The highest BCUT2D eigenvalue weighted by Gasteiger charge is 2.50. The molecular formula is C35H33ClF5N7O2S. The van der Waals surface area contributed by atoms with Gasteiger partial charge in [0.25, 0.3) is 5.91 Å². The van der Waals surface area contributed by atoms with Crippen LogP contribution in [0.1, 0.15) is 44.1 Å². The zero-order valence-corrected chi connectivity index (χ0v) is 28.9. The monoisotopic (exact) mass is 745 g/mol. The zero-order valence-electron chi connectivity index (χ0n) is 27.3. The molecule has 4 fully saturated rings. The minimum Gasteiger partial charge on any atom is -0.461 e. The maximum absolute atomic E-state index is 17.1. The summed E-state index contributed by atoms with van der Waals surface area (Å²) < 4.78 is 79.4. The first-order valence-corrected chi connectivity index (χ1v) is 18.1. The van der Waals surface area contributed by atoms with E-state index in [0.29, 0.717) is 38.3 Å². The number of anilines is 2. The highest BCUT2D eigenvalue weighted by Crippen LogP contribution is 2.47. The third-order valence-corrected chi connectivity index (χ3v) is 12.4. The van der Waals surface area contributed by atoms with E-state index in [2.05, 4.69) is 9.88 Å². The van der Waals surface area contributed by atoms with Crippen molar-refractivity contribution >= 4 is 60.7 Å². The van der Waals surface area contributed by atoms with Crippen LogP contribution in [0.25, 0.3) is 32.1 Å². The summed E-state index contributed by atoms with van der Waals surface area (Å²) in [7, 11) is 0. The number of fused-ring (bicyclic) bond motifs is 3. The Balaban J connectivity index is 1.25. The number of nitriles is 1. The SMILES string of the molecule is N#Cc1c(N)sc2c(F)ccc(-c3c(Cl)cc4c(N5CCCCC6(CN(C(=O)C(F)F)C6)C5)nc(OC[C@@]56CCCN5C[C@H](F)C6)nc4c3F)c12. The van der Waals surface area contributed by atoms with Crippen LogP contribution >= 0.6 is 22.9 Å². The molecular weight excluding hydrogens is 713 g/mol. The number of halogens is 6. The Hall–Kier alpha value is -4.00. The lowest BCUT2D eigenvalue weighted by Crippen LogP contribution is -2.63. The van der Waals surface area contributed by atoms with Gasteiger partial charge in [0, 0.05) is 60.9 Å². The maximum Gasteiger partial charge on any atom is 0.319 e. The molecule has 4 aliphatic heterocycles. The molecule has 8 rings (SSSR count). The van der Waals surface area contributed by atoms with Gasteiger partial charge in [0.1, 0.15) is 41.0 Å². The summed E-state index contributed by atoms with van der Waals surface area (Å²) in [5.74, 6) is -2.35. The first kappa shape index (κ1) is 34.1. The standard InChI is InChI=1S/C35H33ClF5N7O2S/c36-22-10-20-27(26(39)25(22)19-4-5-23(38)28-24(19)21(12-42)30(43)51-28)44-33(50-17-35-7-3-9-48(35)13-18(37)11-35)45-31(20)46-8-2-1-6-34(14-46)15-47(16-34)32(49)29(40)41/h4-5,10,18,29H,1-3,6-9,11,13-17,43H2/t18-,35+/m1/s1. The lowest BCUT2D eigenvalue weighted by molar-refractivity contribution is -0.155. The van der Waals surface area contributed by atoms with E-state index in [-0.39, 0.29) is 73.4 Å². The van der Waals surface area contributed by atoms with Gasteiger partial charge in [-0.05, 0) is 49.9 Å². The van der Waals surface area contributed by atoms with Crippen molar-refractivity contribution < 1.29 is 31.5 Å². The van der Waals surface area contributed by atoms with Crippen LogP contribution in [0.4, 0.5) is 32.8 Å². The van der Waals surface area contributed by atoms with E-state index in [9.17, 15) is 27.6 Å². The van der Waals surface area contributed by atoms with Crippen molar-refractivity contribution in [3.05, 3.63) is 40.4 Å². The number of benzene rings is 2. The number of alkyl halides is 3. The predicted octanol–water partition coefficient (Wildman–Crippen LogP) is 6.94. The van der Waals surface area contributed by atoms with E-state index in [1.165, 1.54) is 18.2 Å². The third kappa shape index (κ3) is 5.61. The summed E-state index contributed by atoms with van der Waals surface area (Å²) in [6, 6.07) is 5.92. The molecule has 0 unspecified atom stereocenters. The predicted molar refractivity (Wildman–Crippen MR) is 184 cm³/mol. The smallest absolute Gasteiger partial charge is 0.319 e. The van der Waals surface area contributed by atoms with E-state index in [4.69, 9.17) is 27.1 Å². The molecule has 2 atom stereocenters. The summed E-state index contributed by atoms with van der Waals surface area (Å²) in [6.07, 6.45) is 0.0548. The molecule has 1 amide bonds. The Bertz CT molecular complexity index is 2120. The molecule has 4 saturated heterocycles. The van der Waals surface area contributed by atoms with Crippen LogP contribution in [0.2, 0.25) is 5.02 Å². The Morgan fingerprint density at radius 3 is 2.73 bits per heavy atom. The van der Waals surface area contributed by atoms with Crippen LogP contribution in [-0.2, 0) is 4.79 Å². The van der Waals surface area contributed by atoms with Crippen molar-refractivity contribution in [3.8, 4) is 23.2 Å². The van der Waals surface area contributed by atoms with E-state index in [1.807, 2.05) is 11.0 Å². The summed E-state index contributed by atoms with van der Waals surface area (Å²) in [4.78, 5) is 26.6. The van der Waals surface area contributed by atoms with Gasteiger partial charge in [0.15, 0.2) is 5.82 Å². The number of hydrogen-bond acceptors (Lipinski definition) is 9. The van der Waals surface area contributed by atoms with Crippen molar-refractivity contribution in [2.24, 2.45) is 5.41 Å². The van der Waals surface area contributed by atoms with Crippen LogP contribution < -0.4 is 15.4 Å². The normalized spacial score (nSPS) is 23.2. The largest absolute Gasteiger partial charge is 0.461 e. The molecule has 4 aliphatic rings. The van der Waals surface area contributed by atoms with Gasteiger partial charge in [-0.2, -0.15) is 24.0 Å². The molecule has 0 saturated carbocycles. The minimum atomic E-state index is -3.09. The van der Waals surface area contributed by atoms with Crippen molar-refractivity contribution in [2.45, 2.75) is 56.7 Å². The number of nitrogens with zero attached hydrogens (tertiary/aromatic N) is 6. The van der Waals surface area contributed by atoms with Crippen LogP contribution in [0.5, 0.6) is 6.01 Å². The second kappa shape index (κ2) is 12.6. The first-order valence-electron chi connectivity index (χ1n) is 16.9. The summed E-state index contributed by atoms with van der Waals surface area (Å²) in [6.45, 7) is 2.32. The quantitative estimate of drug-likeness (QED) is 0.212. The third-order valence-electron chi connectivity index (χ3n) is 11.0. The topological polar surface area (TPSA) is 112 Å². The first-order chi connectivity index (χ1) is 24.4. The number of ether oxygens (including phenoxy) is 1. The number of nitrogen functional groups attached to an aromatic ring is 1. The Labute approximate surface area is 298 Å². The molecule has 2 aromatic heterocycles. The molecule has 0 aliphatic carbocycles. The van der Waals surface area contributed by atoms with Gasteiger partial charge in [0.05, 0.1) is 20.8 Å². The molecule has 1 spiro atoms. The van der Waals surface area contributed by atoms with E-state index in [1.54, 1.807) is 0 Å². The Kier molecular flexibility index (Phi) is 8.42. The average Bonchev–Trinajstić information content (AvgIpc) is 3.66. The van der Waals surface area contributed by atoms with E-state index < -0.39 is 41.1 Å². The van der Waals surface area contributed by atoms with E-state index >= 15 is 4.39 Å². The summed E-state index contributed by atoms with van der Waals surface area (Å²) >= 11 is 7.74. The summed E-state index contributed by atoms with van der Waals surface area (Å²) in [5, 5.41) is 10.3. The van der Waals surface area contributed by atoms with Crippen LogP contribution in [0.15, 0.2) is 18.2 Å². The summed E-state index contributed by atoms with van der Waals surface area (Å²) in [5.41, 5.74) is 4.98. The molecule has 51 heavy (non-hydrogen) atoms. The molecule has 2 N–H and O–H groups in total. The van der Waals surface area contributed by atoms with Gasteiger partial charge < -0.3 is 20.3 Å². The number of rotatable bonds is 6. The highest BCUT2D eigenvalue weighted by atomic mass is 35.5. The fourth-order valence-electron chi connectivity index (χ4n) is 8.73. The second-order valence-corrected chi connectivity index (χ2v) is 15.7. The molecule has 6 heterocycles. The minimum absolute atomic E-state index is 0.00491. The number of hydrogen-bond donors (Lipinski definition) is 1. The van der Waals surface area contributed by atoms with E-state index in [0.717, 1.165) is 48.5 Å². The molecule has 0 bridgehead atoms. The van der Waals surface area contributed by atoms with Gasteiger partial charge >= 0.3 is 12.4 Å². The van der Waals surface area contributed by atoms with Gasteiger partial charge in [-0.15, -0.1) is 11.3 Å². The molecule has 2 aromatic carbocycles. The number of nitrogens with two attached hydrogens (primary N) is 1. The Morgan fingerprint density at radius 2 is 1.96 bits per heavy atom. The number of carbonyl (C=O) groups excluding carboxylic acids is 1. The number of carbonyl (C=O) groups is 1. The van der Waals surface area contributed by atoms with Crippen LogP contribution in [-0.4, -0.2) is 89.7 Å². The highest BCUT2D eigenvalue weighted by molar-refractivity contribution is 7.23. The number of likely N-dealkylation sites (tertiary alicyclic amines) is 1. The Morgan fingerprint density at radius 1 is 1.16 bits per heavy atom. The van der Waals surface area contributed by atoms with Crippen molar-refractivity contribution in [2.75, 3.05) is 56.5 Å². The second-order valence-electron chi connectivity index (χ2n) is 14.3. The fourth-order valence-corrected chi connectivity index (χ4v) is 9.97. The number of amides is 1. The van der Waals surface area contributed by atoms with Crippen molar-refractivity contribution in [1.82, 2.24) is 19.8 Å². The van der Waals surface area contributed by atoms with Gasteiger partial charge in [0.2, 0.25) is 0 Å². The number of thiophene rings is 1. The molecule has 16 heteroatoms. The number of aromatic nitrogens is 2. The molecule has 4 aromatic rings. The van der Waals surface area contributed by atoms with Crippen molar-refractivity contribution in [1.29, 1.82) is 5.26 Å². The van der Waals surface area contributed by atoms with Gasteiger partial charge in [-0.3, -0.25) is 9.69 Å². The average molecular weight is 746 g/mol. The van der Waals surface area contributed by atoms with Crippen molar-refractivity contribution in [3.63, 3.8) is 0 Å². The molecule has 9 nitrogen and oxygen atoms in total. The lowest BCUT2D eigenvalue weighted by Gasteiger charge is -2.51. The maximum atomic E-state index is 17.1. The lowest BCUT2D eigenvalue weighted by atomic mass is 9.75. The fraction of sp³-hybridized carbons (Fsp3) is 0.486. The van der Waals surface area contributed by atoms with Gasteiger partial charge in [-0.25, -0.2) is 13.2 Å². The van der Waals surface area contributed by atoms with Crippen LogP contribution in [0.3, 0.4) is 0 Å². The molecule has 268 valence electrons. The molecule has 0 radical (unpaired) electrons. The van der Waals surface area contributed by atoms with Gasteiger partial charge in [-0.1, -0.05) is 24.1 Å². The van der Waals surface area contributed by atoms with Crippen LogP contribution in [0, 0.1) is 28.4 Å². The zero-order chi connectivity index (χ0) is 35.8.